The molecule has 3 aliphatic rings. The van der Waals surface area contributed by atoms with Crippen LogP contribution in [0.3, 0.4) is 0 Å². The predicted molar refractivity (Wildman–Crippen MR) is 146 cm³/mol. The van der Waals surface area contributed by atoms with Crippen LogP contribution < -0.4 is 10.1 Å². The zero-order valence-corrected chi connectivity index (χ0v) is 22.4. The van der Waals surface area contributed by atoms with Gasteiger partial charge in [0.15, 0.2) is 5.75 Å². The summed E-state index contributed by atoms with van der Waals surface area (Å²) in [4.78, 5) is 26.4. The van der Waals surface area contributed by atoms with Crippen molar-refractivity contribution in [2.24, 2.45) is 7.05 Å². The van der Waals surface area contributed by atoms with Crippen molar-refractivity contribution in [3.8, 4) is 16.9 Å². The van der Waals surface area contributed by atoms with Crippen LogP contribution in [-0.2, 0) is 18.4 Å². The number of nitrogens with one attached hydrogen (secondary N) is 1. The molecule has 9 nitrogen and oxygen atoms in total. The van der Waals surface area contributed by atoms with Crippen molar-refractivity contribution < 1.29 is 9.53 Å². The van der Waals surface area contributed by atoms with Crippen molar-refractivity contribution in [3.05, 3.63) is 59.8 Å². The zero-order chi connectivity index (χ0) is 26.2. The minimum atomic E-state index is 0.132. The van der Waals surface area contributed by atoms with E-state index in [0.29, 0.717) is 18.6 Å². The van der Waals surface area contributed by atoms with Crippen LogP contribution in [0, 0.1) is 6.92 Å². The third-order valence-electron chi connectivity index (χ3n) is 8.10. The number of aromatic nitrogens is 4. The second-order valence-corrected chi connectivity index (χ2v) is 10.5. The fourth-order valence-corrected chi connectivity index (χ4v) is 6.07. The number of allylic oxidation sites excluding steroid dienone is 1. The van der Waals surface area contributed by atoms with E-state index in [1.807, 2.05) is 56.5 Å². The molecule has 3 aromatic rings. The lowest BCUT2D eigenvalue weighted by atomic mass is 9.91. The first-order chi connectivity index (χ1) is 18.5. The van der Waals surface area contributed by atoms with E-state index in [0.717, 1.165) is 90.8 Å². The van der Waals surface area contributed by atoms with Gasteiger partial charge in [0.1, 0.15) is 12.4 Å². The predicted octanol–water partition coefficient (Wildman–Crippen LogP) is 4.18. The van der Waals surface area contributed by atoms with Gasteiger partial charge in [0.2, 0.25) is 5.91 Å². The summed E-state index contributed by atoms with van der Waals surface area (Å²) < 4.78 is 8.12. The monoisotopic (exact) mass is 513 g/mol. The first-order valence-electron chi connectivity index (χ1n) is 13.5. The highest BCUT2D eigenvalue weighted by Gasteiger charge is 2.33. The quantitative estimate of drug-likeness (QED) is 0.524. The lowest BCUT2D eigenvalue weighted by molar-refractivity contribution is -0.125. The smallest absolute Gasteiger partial charge is 0.246 e. The van der Waals surface area contributed by atoms with E-state index in [1.165, 1.54) is 0 Å². The van der Waals surface area contributed by atoms with Crippen molar-refractivity contribution >= 4 is 17.4 Å². The van der Waals surface area contributed by atoms with Gasteiger partial charge >= 0.3 is 0 Å². The van der Waals surface area contributed by atoms with Gasteiger partial charge in [-0.15, -0.1) is 0 Å². The van der Waals surface area contributed by atoms with Gasteiger partial charge in [-0.3, -0.25) is 19.4 Å². The number of fused-ring (bicyclic) bond motifs is 2. The first kappa shape index (κ1) is 24.6. The fourth-order valence-electron chi connectivity index (χ4n) is 6.07. The van der Waals surface area contributed by atoms with Crippen LogP contribution in [-0.4, -0.2) is 67.7 Å². The van der Waals surface area contributed by atoms with Crippen LogP contribution in [0.2, 0.25) is 0 Å². The summed E-state index contributed by atoms with van der Waals surface area (Å²) in [5.41, 5.74) is 6.07. The van der Waals surface area contributed by atoms with Gasteiger partial charge in [-0.05, 0) is 70.0 Å². The largest absolute Gasteiger partial charge is 0.485 e. The van der Waals surface area contributed by atoms with Gasteiger partial charge in [0, 0.05) is 61.3 Å². The van der Waals surface area contributed by atoms with E-state index in [1.54, 1.807) is 10.8 Å². The van der Waals surface area contributed by atoms with Crippen molar-refractivity contribution in [3.63, 3.8) is 0 Å². The van der Waals surface area contributed by atoms with E-state index < -0.39 is 0 Å². The minimum Gasteiger partial charge on any atom is -0.485 e. The molecule has 38 heavy (non-hydrogen) atoms. The molecule has 0 spiro atoms. The average molecular weight is 514 g/mol. The molecule has 0 unspecified atom stereocenters. The molecule has 1 amide bonds. The van der Waals surface area contributed by atoms with Crippen molar-refractivity contribution in [1.29, 1.82) is 0 Å². The topological polar surface area (TPSA) is 88.4 Å². The Hall–Kier alpha value is -3.72. The summed E-state index contributed by atoms with van der Waals surface area (Å²) >= 11 is 0. The third kappa shape index (κ3) is 4.67. The van der Waals surface area contributed by atoms with Crippen molar-refractivity contribution in [2.75, 3.05) is 31.5 Å². The summed E-state index contributed by atoms with van der Waals surface area (Å²) in [7, 11) is 1.92. The minimum absolute atomic E-state index is 0.132. The van der Waals surface area contributed by atoms with E-state index in [4.69, 9.17) is 9.72 Å². The Morgan fingerprint density at radius 2 is 2.05 bits per heavy atom. The van der Waals surface area contributed by atoms with Crippen molar-refractivity contribution in [1.82, 2.24) is 29.5 Å². The van der Waals surface area contributed by atoms with Gasteiger partial charge in [0.25, 0.3) is 0 Å². The number of pyridine rings is 2. The molecule has 6 rings (SSSR count). The molecular weight excluding hydrogens is 478 g/mol. The molecule has 1 N–H and O–H groups in total. The second-order valence-electron chi connectivity index (χ2n) is 10.5. The van der Waals surface area contributed by atoms with E-state index in [-0.39, 0.29) is 5.91 Å². The maximum atomic E-state index is 12.2. The van der Waals surface area contributed by atoms with Gasteiger partial charge < -0.3 is 15.0 Å². The molecule has 9 heteroatoms. The normalized spacial score (nSPS) is 20.1. The molecular formula is C29H35N7O2. The van der Waals surface area contributed by atoms with Crippen LogP contribution in [0.5, 0.6) is 5.75 Å². The number of nitrogens with zero attached hydrogens (tertiary/aromatic N) is 6. The maximum absolute atomic E-state index is 12.2. The molecule has 0 aliphatic carbocycles. The Balaban J connectivity index is 1.17. The number of hydrogen-bond acceptors (Lipinski definition) is 7. The number of ether oxygens (including phenoxy) is 1. The third-order valence-corrected chi connectivity index (χ3v) is 8.10. The number of likely N-dealkylation sites (tertiary alicyclic amines) is 2. The van der Waals surface area contributed by atoms with Gasteiger partial charge in [-0.2, -0.15) is 5.10 Å². The summed E-state index contributed by atoms with van der Waals surface area (Å²) in [5.74, 6) is 2.14. The average Bonchev–Trinajstić information content (AvgIpc) is 3.54. The number of piperidine rings is 1. The summed E-state index contributed by atoms with van der Waals surface area (Å²) in [6.45, 7) is 8.08. The van der Waals surface area contributed by atoms with Gasteiger partial charge in [0.05, 0.1) is 17.6 Å². The van der Waals surface area contributed by atoms with Gasteiger partial charge in [-0.1, -0.05) is 6.08 Å². The Bertz CT molecular complexity index is 1370. The molecule has 1 atom stereocenters. The highest BCUT2D eigenvalue weighted by atomic mass is 16.5. The number of rotatable bonds is 4. The summed E-state index contributed by atoms with van der Waals surface area (Å²) in [5, 5.41) is 7.90. The van der Waals surface area contributed by atoms with Crippen LogP contribution in [0.15, 0.2) is 42.9 Å². The molecule has 0 bridgehead atoms. The van der Waals surface area contributed by atoms with Crippen LogP contribution in [0.25, 0.3) is 11.1 Å². The van der Waals surface area contributed by atoms with Crippen molar-refractivity contribution in [2.45, 2.75) is 51.7 Å². The van der Waals surface area contributed by atoms with Gasteiger partial charge in [-0.25, -0.2) is 4.98 Å². The highest BCUT2D eigenvalue weighted by Crippen LogP contribution is 2.40. The summed E-state index contributed by atoms with van der Waals surface area (Å²) in [6.07, 6.45) is 12.4. The number of amides is 1. The van der Waals surface area contributed by atoms with Crippen LogP contribution in [0.1, 0.15) is 49.1 Å². The molecule has 3 aliphatic heterocycles. The standard InChI is InChI=1S/C29H35N7O2/c1-4-5-27(37)36-13-9-22(17-36)35-11-7-20(8-12-35)25-14-26-28(19(2)32-25)38-18-24-23(6-10-30-29(24)33-26)21-15-31-34(3)16-21/h4-6,10,14-16,20,22H,7-9,11-13,17-18H2,1-3H3,(H,30,33)/b5-4+/t22-/m1/s1. The molecule has 2 fully saturated rings. The molecule has 0 radical (unpaired) electrons. The molecule has 0 saturated carbocycles. The highest BCUT2D eigenvalue weighted by molar-refractivity contribution is 5.87. The molecule has 2 saturated heterocycles. The fraction of sp³-hybridized carbons (Fsp3) is 0.448. The zero-order valence-electron chi connectivity index (χ0n) is 22.4. The number of aryl methyl sites for hydroxylation is 2. The van der Waals surface area contributed by atoms with E-state index >= 15 is 0 Å². The number of anilines is 2. The Morgan fingerprint density at radius 1 is 1.21 bits per heavy atom. The first-order valence-corrected chi connectivity index (χ1v) is 13.5. The van der Waals surface area contributed by atoms with Crippen LogP contribution >= 0.6 is 0 Å². The second kappa shape index (κ2) is 10.2. The lowest BCUT2D eigenvalue weighted by Crippen LogP contribution is -2.43. The van der Waals surface area contributed by atoms with Crippen LogP contribution in [0.4, 0.5) is 11.5 Å². The molecule has 3 aromatic heterocycles. The molecule has 6 heterocycles. The van der Waals surface area contributed by atoms with E-state index in [9.17, 15) is 4.79 Å². The number of hydrogen-bond donors (Lipinski definition) is 1. The SMILES string of the molecule is C/C=C/C(=O)N1CC[C@@H](N2CCC(c3cc4c(c(C)n3)OCc3c(-c5cnn(C)c5)ccnc3N4)CC2)C1. The number of carbonyl (C=O) groups is 1. The maximum Gasteiger partial charge on any atom is 0.246 e. The Labute approximate surface area is 223 Å². The number of carbonyl (C=O) groups excluding carboxylic acids is 1. The lowest BCUT2D eigenvalue weighted by Gasteiger charge is -2.36. The summed E-state index contributed by atoms with van der Waals surface area (Å²) in [6, 6.07) is 4.63. The van der Waals surface area contributed by atoms with E-state index in [2.05, 4.69) is 26.4 Å². The molecule has 198 valence electrons. The molecule has 0 aromatic carbocycles. The Morgan fingerprint density at radius 3 is 2.82 bits per heavy atom. The Kier molecular flexibility index (Phi) is 6.61.